The zero-order valence-electron chi connectivity index (χ0n) is 11.1. The van der Waals surface area contributed by atoms with E-state index in [2.05, 4.69) is 10.4 Å². The van der Waals surface area contributed by atoms with Gasteiger partial charge in [-0.2, -0.15) is 5.10 Å². The van der Waals surface area contributed by atoms with Crippen molar-refractivity contribution in [2.75, 3.05) is 20.3 Å². The number of rotatable bonds is 8. The van der Waals surface area contributed by atoms with Gasteiger partial charge >= 0.3 is 0 Å². The summed E-state index contributed by atoms with van der Waals surface area (Å²) < 4.78 is 6.71. The van der Waals surface area contributed by atoms with Crippen LogP contribution in [0.5, 0.6) is 0 Å². The highest BCUT2D eigenvalue weighted by Gasteiger charge is 2.12. The first kappa shape index (κ1) is 14.7. The molecule has 1 amide bonds. The van der Waals surface area contributed by atoms with Gasteiger partial charge in [0.15, 0.2) is 0 Å². The second kappa shape index (κ2) is 7.84. The molecule has 1 unspecified atom stereocenters. The van der Waals surface area contributed by atoms with Gasteiger partial charge < -0.3 is 15.8 Å². The highest BCUT2D eigenvalue weighted by Crippen LogP contribution is 1.97. The van der Waals surface area contributed by atoms with Crippen molar-refractivity contribution in [2.45, 2.75) is 25.3 Å². The molecule has 102 valence electrons. The number of nitrogens with zero attached hydrogens (tertiary/aromatic N) is 2. The Morgan fingerprint density at radius 2 is 2.44 bits per heavy atom. The zero-order chi connectivity index (χ0) is 13.4. The van der Waals surface area contributed by atoms with E-state index in [9.17, 15) is 4.79 Å². The van der Waals surface area contributed by atoms with E-state index in [1.165, 1.54) is 0 Å². The number of carbonyl (C=O) groups excluding carboxylic acids is 1. The highest BCUT2D eigenvalue weighted by molar-refractivity contribution is 5.81. The number of nitrogens with one attached hydrogen (secondary N) is 1. The summed E-state index contributed by atoms with van der Waals surface area (Å²) in [6.45, 7) is 1.21. The van der Waals surface area contributed by atoms with Gasteiger partial charge in [0.2, 0.25) is 5.91 Å². The third kappa shape index (κ3) is 4.85. The number of amides is 1. The van der Waals surface area contributed by atoms with E-state index in [1.807, 2.05) is 13.1 Å². The lowest BCUT2D eigenvalue weighted by molar-refractivity contribution is -0.122. The smallest absolute Gasteiger partial charge is 0.236 e. The quantitative estimate of drug-likeness (QED) is 0.631. The predicted molar refractivity (Wildman–Crippen MR) is 69.0 cm³/mol. The third-order valence-electron chi connectivity index (χ3n) is 2.80. The zero-order valence-corrected chi connectivity index (χ0v) is 11.1. The van der Waals surface area contributed by atoms with E-state index in [0.717, 1.165) is 18.5 Å². The largest absolute Gasteiger partial charge is 0.385 e. The Balaban J connectivity index is 2.18. The molecule has 3 N–H and O–H groups in total. The van der Waals surface area contributed by atoms with Crippen LogP contribution in [0.25, 0.3) is 0 Å². The van der Waals surface area contributed by atoms with E-state index < -0.39 is 6.04 Å². The first-order valence-corrected chi connectivity index (χ1v) is 6.14. The Morgan fingerprint density at radius 1 is 1.67 bits per heavy atom. The third-order valence-corrected chi connectivity index (χ3v) is 2.80. The minimum absolute atomic E-state index is 0.103. The van der Waals surface area contributed by atoms with E-state index in [-0.39, 0.29) is 5.91 Å². The standard InChI is InChI=1S/C12H22N4O2/c1-16-10(6-8-15-16)5-7-14-12(17)11(13)4-3-9-18-2/h6,8,11H,3-5,7,9,13H2,1-2H3,(H,14,17). The Hall–Kier alpha value is -1.40. The molecule has 6 nitrogen and oxygen atoms in total. The summed E-state index contributed by atoms with van der Waals surface area (Å²) in [7, 11) is 3.52. The highest BCUT2D eigenvalue weighted by atomic mass is 16.5. The van der Waals surface area contributed by atoms with Gasteiger partial charge in [-0.25, -0.2) is 0 Å². The summed E-state index contributed by atoms with van der Waals surface area (Å²) in [6, 6.07) is 1.48. The minimum Gasteiger partial charge on any atom is -0.385 e. The molecule has 0 aliphatic heterocycles. The van der Waals surface area contributed by atoms with E-state index in [4.69, 9.17) is 10.5 Å². The predicted octanol–water partition coefficient (Wildman–Crippen LogP) is -0.167. The summed E-state index contributed by atoms with van der Waals surface area (Å²) in [6.07, 6.45) is 3.94. The van der Waals surface area contributed by atoms with Crippen LogP contribution in [0.15, 0.2) is 12.3 Å². The Bertz CT molecular complexity index is 365. The topological polar surface area (TPSA) is 82.2 Å². The number of hydrogen-bond acceptors (Lipinski definition) is 4. The Kier molecular flexibility index (Phi) is 6.38. The van der Waals surface area contributed by atoms with Gasteiger partial charge in [0.1, 0.15) is 0 Å². The second-order valence-electron chi connectivity index (χ2n) is 4.23. The molecule has 0 radical (unpaired) electrons. The van der Waals surface area contributed by atoms with Crippen LogP contribution in [0, 0.1) is 0 Å². The number of aryl methyl sites for hydroxylation is 1. The van der Waals surface area contributed by atoms with Crippen LogP contribution in [-0.2, 0) is 23.0 Å². The van der Waals surface area contributed by atoms with Crippen LogP contribution in [-0.4, -0.2) is 42.0 Å². The molecule has 0 spiro atoms. The molecule has 0 aliphatic carbocycles. The molecule has 1 heterocycles. The van der Waals surface area contributed by atoms with E-state index in [1.54, 1.807) is 18.0 Å². The molecule has 1 aromatic heterocycles. The molecule has 0 saturated carbocycles. The minimum atomic E-state index is -0.452. The molecule has 0 aromatic carbocycles. The maximum Gasteiger partial charge on any atom is 0.236 e. The second-order valence-corrected chi connectivity index (χ2v) is 4.23. The average molecular weight is 254 g/mol. The molecule has 0 aliphatic rings. The number of carbonyl (C=O) groups is 1. The fourth-order valence-electron chi connectivity index (χ4n) is 1.67. The number of nitrogens with two attached hydrogens (primary N) is 1. The first-order valence-electron chi connectivity index (χ1n) is 6.14. The van der Waals surface area contributed by atoms with Gasteiger partial charge in [0.25, 0.3) is 0 Å². The normalized spacial score (nSPS) is 12.4. The number of methoxy groups -OCH3 is 1. The molecule has 1 rings (SSSR count). The fraction of sp³-hybridized carbons (Fsp3) is 0.667. The van der Waals surface area contributed by atoms with Gasteiger partial charge in [-0.1, -0.05) is 0 Å². The van der Waals surface area contributed by atoms with Crippen molar-refractivity contribution in [1.82, 2.24) is 15.1 Å². The SMILES string of the molecule is COCCCC(N)C(=O)NCCc1ccnn1C. The Labute approximate surface area is 107 Å². The van der Waals surface area contributed by atoms with Crippen molar-refractivity contribution in [3.63, 3.8) is 0 Å². The lowest BCUT2D eigenvalue weighted by Gasteiger charge is -2.11. The summed E-state index contributed by atoms with van der Waals surface area (Å²) in [5.41, 5.74) is 6.85. The number of ether oxygens (including phenoxy) is 1. The molecule has 0 fully saturated rings. The molecule has 1 aromatic rings. The molecular formula is C12H22N4O2. The first-order chi connectivity index (χ1) is 8.65. The molecule has 1 atom stereocenters. The van der Waals surface area contributed by atoms with Gasteiger partial charge in [0.05, 0.1) is 6.04 Å². The van der Waals surface area contributed by atoms with Gasteiger partial charge in [0, 0.05) is 45.6 Å². The van der Waals surface area contributed by atoms with E-state index in [0.29, 0.717) is 19.6 Å². The molecule has 18 heavy (non-hydrogen) atoms. The van der Waals surface area contributed by atoms with Gasteiger partial charge in [-0.3, -0.25) is 9.48 Å². The fourth-order valence-corrected chi connectivity index (χ4v) is 1.67. The van der Waals surface area contributed by atoms with Crippen molar-refractivity contribution in [1.29, 1.82) is 0 Å². The Morgan fingerprint density at radius 3 is 3.06 bits per heavy atom. The van der Waals surface area contributed by atoms with Crippen LogP contribution in [0.1, 0.15) is 18.5 Å². The van der Waals surface area contributed by atoms with Crippen molar-refractivity contribution >= 4 is 5.91 Å². The monoisotopic (exact) mass is 254 g/mol. The molecule has 0 saturated heterocycles. The van der Waals surface area contributed by atoms with Crippen LogP contribution in [0.3, 0.4) is 0 Å². The number of aromatic nitrogens is 2. The van der Waals surface area contributed by atoms with Crippen molar-refractivity contribution in [2.24, 2.45) is 12.8 Å². The summed E-state index contributed by atoms with van der Waals surface area (Å²) >= 11 is 0. The van der Waals surface area contributed by atoms with Crippen molar-refractivity contribution in [3.05, 3.63) is 18.0 Å². The maximum absolute atomic E-state index is 11.7. The molecule has 6 heteroatoms. The van der Waals surface area contributed by atoms with Crippen LogP contribution < -0.4 is 11.1 Å². The van der Waals surface area contributed by atoms with E-state index >= 15 is 0 Å². The summed E-state index contributed by atoms with van der Waals surface area (Å²) in [5.74, 6) is -0.103. The summed E-state index contributed by atoms with van der Waals surface area (Å²) in [4.78, 5) is 11.7. The summed E-state index contributed by atoms with van der Waals surface area (Å²) in [5, 5.41) is 6.89. The van der Waals surface area contributed by atoms with Gasteiger partial charge in [-0.05, 0) is 18.9 Å². The van der Waals surface area contributed by atoms with Crippen LogP contribution in [0.4, 0.5) is 0 Å². The van der Waals surface area contributed by atoms with Gasteiger partial charge in [-0.15, -0.1) is 0 Å². The van der Waals surface area contributed by atoms with Crippen LogP contribution >= 0.6 is 0 Å². The van der Waals surface area contributed by atoms with Crippen molar-refractivity contribution in [3.8, 4) is 0 Å². The number of hydrogen-bond donors (Lipinski definition) is 2. The maximum atomic E-state index is 11.7. The molecule has 0 bridgehead atoms. The lowest BCUT2D eigenvalue weighted by atomic mass is 10.1. The van der Waals surface area contributed by atoms with Crippen molar-refractivity contribution < 1.29 is 9.53 Å². The molecular weight excluding hydrogens is 232 g/mol. The van der Waals surface area contributed by atoms with Crippen LogP contribution in [0.2, 0.25) is 0 Å². The average Bonchev–Trinajstić information content (AvgIpc) is 2.75. The lowest BCUT2D eigenvalue weighted by Crippen LogP contribution is -2.41.